The molecule has 174 valence electrons. The van der Waals surface area contributed by atoms with Crippen LogP contribution in [0.1, 0.15) is 22.8 Å². The molecule has 0 atom stereocenters. The molecule has 4 rings (SSSR count). The Hall–Kier alpha value is -3.92. The zero-order valence-electron chi connectivity index (χ0n) is 17.8. The normalized spacial score (nSPS) is 11.2. The van der Waals surface area contributed by atoms with Crippen LogP contribution in [0.4, 0.5) is 24.0 Å². The fourth-order valence-corrected chi connectivity index (χ4v) is 3.78. The number of carbonyl (C=O) groups is 1. The van der Waals surface area contributed by atoms with Crippen molar-refractivity contribution < 1.29 is 27.4 Å². The SMILES string of the molecule is CCOC(=O)c1cccc(Nc2nnc(-c3cccc(Oc4cccc(C(F)(F)F)c4)c3)s2)c1. The standard InChI is InChI=1S/C24H18F3N3O3S/c1-2-32-22(31)16-7-3-9-18(12-16)28-23-30-29-21(34-23)15-6-4-10-19(13-15)33-20-11-5-8-17(14-20)24(25,26)27/h3-14H,2H2,1H3,(H,28,30). The number of aromatic nitrogens is 2. The van der Waals surface area contributed by atoms with Crippen LogP contribution < -0.4 is 10.1 Å². The van der Waals surface area contributed by atoms with Crippen molar-refractivity contribution in [1.82, 2.24) is 10.2 Å². The second-order valence-electron chi connectivity index (χ2n) is 6.99. The molecule has 0 aliphatic heterocycles. The van der Waals surface area contributed by atoms with Crippen molar-refractivity contribution in [2.45, 2.75) is 13.1 Å². The van der Waals surface area contributed by atoms with Gasteiger partial charge in [0.1, 0.15) is 16.5 Å². The highest BCUT2D eigenvalue weighted by atomic mass is 32.1. The van der Waals surface area contributed by atoms with Gasteiger partial charge in [-0.3, -0.25) is 0 Å². The number of rotatable bonds is 7. The molecule has 10 heteroatoms. The van der Waals surface area contributed by atoms with Crippen molar-refractivity contribution in [3.8, 4) is 22.1 Å². The van der Waals surface area contributed by atoms with Gasteiger partial charge in [0.25, 0.3) is 0 Å². The van der Waals surface area contributed by atoms with Gasteiger partial charge in [-0.05, 0) is 55.5 Å². The summed E-state index contributed by atoms with van der Waals surface area (Å²) in [5, 5.41) is 12.5. The maximum Gasteiger partial charge on any atom is 0.416 e. The molecule has 3 aromatic carbocycles. The third kappa shape index (κ3) is 5.70. The zero-order valence-corrected chi connectivity index (χ0v) is 18.6. The Morgan fingerprint density at radius 2 is 1.71 bits per heavy atom. The van der Waals surface area contributed by atoms with Gasteiger partial charge in [0.2, 0.25) is 5.13 Å². The van der Waals surface area contributed by atoms with E-state index < -0.39 is 17.7 Å². The average Bonchev–Trinajstić information content (AvgIpc) is 3.28. The van der Waals surface area contributed by atoms with Crippen LogP contribution in [0.25, 0.3) is 10.6 Å². The largest absolute Gasteiger partial charge is 0.462 e. The number of carbonyl (C=O) groups excluding carboxylic acids is 1. The first-order valence-corrected chi connectivity index (χ1v) is 11.0. The molecule has 0 unspecified atom stereocenters. The van der Waals surface area contributed by atoms with Crippen LogP contribution in [0.5, 0.6) is 11.5 Å². The Labute approximate surface area is 197 Å². The lowest BCUT2D eigenvalue weighted by molar-refractivity contribution is -0.137. The molecule has 0 saturated carbocycles. The summed E-state index contributed by atoms with van der Waals surface area (Å²) >= 11 is 1.27. The lowest BCUT2D eigenvalue weighted by Gasteiger charge is -2.10. The summed E-state index contributed by atoms with van der Waals surface area (Å²) in [6.07, 6.45) is -4.45. The van der Waals surface area contributed by atoms with Gasteiger partial charge in [0.05, 0.1) is 17.7 Å². The van der Waals surface area contributed by atoms with E-state index in [-0.39, 0.29) is 12.4 Å². The Balaban J connectivity index is 1.49. The van der Waals surface area contributed by atoms with E-state index in [1.807, 2.05) is 0 Å². The summed E-state index contributed by atoms with van der Waals surface area (Å²) in [7, 11) is 0. The van der Waals surface area contributed by atoms with Crippen molar-refractivity contribution in [3.63, 3.8) is 0 Å². The first-order chi connectivity index (χ1) is 16.3. The van der Waals surface area contributed by atoms with E-state index in [0.717, 1.165) is 12.1 Å². The Morgan fingerprint density at radius 3 is 2.47 bits per heavy atom. The molecular formula is C24H18F3N3O3S. The van der Waals surface area contributed by atoms with E-state index in [1.165, 1.54) is 23.5 Å². The van der Waals surface area contributed by atoms with Gasteiger partial charge >= 0.3 is 12.1 Å². The van der Waals surface area contributed by atoms with Crippen LogP contribution in [0.15, 0.2) is 72.8 Å². The summed E-state index contributed by atoms with van der Waals surface area (Å²) in [6, 6.07) is 18.3. The van der Waals surface area contributed by atoms with Gasteiger partial charge in [-0.15, -0.1) is 10.2 Å². The summed E-state index contributed by atoms with van der Waals surface area (Å²) < 4.78 is 49.5. The van der Waals surface area contributed by atoms with Crippen molar-refractivity contribution >= 4 is 28.1 Å². The highest BCUT2D eigenvalue weighted by Crippen LogP contribution is 2.34. The highest BCUT2D eigenvalue weighted by Gasteiger charge is 2.30. The van der Waals surface area contributed by atoms with E-state index in [2.05, 4.69) is 15.5 Å². The topological polar surface area (TPSA) is 73.3 Å². The second kappa shape index (κ2) is 9.92. The number of anilines is 2. The van der Waals surface area contributed by atoms with Gasteiger partial charge in [0.15, 0.2) is 0 Å². The molecule has 0 fully saturated rings. The number of esters is 1. The minimum atomic E-state index is -4.45. The average molecular weight is 485 g/mol. The predicted octanol–water partition coefficient (Wildman–Crippen LogP) is 6.94. The van der Waals surface area contributed by atoms with Crippen molar-refractivity contribution in [2.75, 3.05) is 11.9 Å². The quantitative estimate of drug-likeness (QED) is 0.286. The number of halogens is 3. The van der Waals surface area contributed by atoms with Gasteiger partial charge in [0, 0.05) is 11.3 Å². The molecule has 0 radical (unpaired) electrons. The van der Waals surface area contributed by atoms with Crippen LogP contribution in [0.3, 0.4) is 0 Å². The first-order valence-electron chi connectivity index (χ1n) is 10.1. The third-order valence-corrected chi connectivity index (χ3v) is 5.42. The molecule has 1 aromatic heterocycles. The van der Waals surface area contributed by atoms with Crippen LogP contribution in [-0.2, 0) is 10.9 Å². The minimum absolute atomic E-state index is 0.0769. The number of hydrogen-bond donors (Lipinski definition) is 1. The number of alkyl halides is 3. The van der Waals surface area contributed by atoms with Crippen LogP contribution in [0, 0.1) is 0 Å². The third-order valence-electron chi connectivity index (χ3n) is 4.53. The molecule has 6 nitrogen and oxygen atoms in total. The number of nitrogens with one attached hydrogen (secondary N) is 1. The van der Waals surface area contributed by atoms with Gasteiger partial charge < -0.3 is 14.8 Å². The van der Waals surface area contributed by atoms with Crippen LogP contribution >= 0.6 is 11.3 Å². The maximum absolute atomic E-state index is 12.9. The van der Waals surface area contributed by atoms with Gasteiger partial charge in [-0.25, -0.2) is 4.79 Å². The summed E-state index contributed by atoms with van der Waals surface area (Å²) in [5.41, 5.74) is 0.967. The smallest absolute Gasteiger partial charge is 0.416 e. The monoisotopic (exact) mass is 485 g/mol. The lowest BCUT2D eigenvalue weighted by Crippen LogP contribution is -2.04. The van der Waals surface area contributed by atoms with E-state index in [1.54, 1.807) is 55.5 Å². The molecule has 0 amide bonds. The van der Waals surface area contributed by atoms with Crippen molar-refractivity contribution in [3.05, 3.63) is 83.9 Å². The van der Waals surface area contributed by atoms with E-state index in [9.17, 15) is 18.0 Å². The fourth-order valence-electron chi connectivity index (χ4n) is 3.02. The van der Waals surface area contributed by atoms with Crippen LogP contribution in [0.2, 0.25) is 0 Å². The molecule has 1 N–H and O–H groups in total. The molecule has 1 heterocycles. The molecule has 34 heavy (non-hydrogen) atoms. The van der Waals surface area contributed by atoms with E-state index in [0.29, 0.717) is 32.7 Å². The highest BCUT2D eigenvalue weighted by molar-refractivity contribution is 7.18. The number of ether oxygens (including phenoxy) is 2. The molecule has 0 spiro atoms. The molecule has 0 saturated heterocycles. The molecule has 4 aromatic rings. The summed E-state index contributed by atoms with van der Waals surface area (Å²) in [5.74, 6) is 0.0263. The van der Waals surface area contributed by atoms with Gasteiger partial charge in [-0.1, -0.05) is 35.6 Å². The van der Waals surface area contributed by atoms with Crippen LogP contribution in [-0.4, -0.2) is 22.8 Å². The first kappa shape index (κ1) is 23.2. The minimum Gasteiger partial charge on any atom is -0.462 e. The second-order valence-corrected chi connectivity index (χ2v) is 7.97. The fraction of sp³-hybridized carbons (Fsp3) is 0.125. The molecule has 0 aliphatic rings. The predicted molar refractivity (Wildman–Crippen MR) is 123 cm³/mol. The Morgan fingerprint density at radius 1 is 0.971 bits per heavy atom. The summed E-state index contributed by atoms with van der Waals surface area (Å²) in [6.45, 7) is 2.02. The Bertz CT molecular complexity index is 1310. The Kier molecular flexibility index (Phi) is 6.78. The number of benzene rings is 3. The molecule has 0 bridgehead atoms. The molecule has 0 aliphatic carbocycles. The maximum atomic E-state index is 12.9. The lowest BCUT2D eigenvalue weighted by atomic mass is 10.2. The van der Waals surface area contributed by atoms with Crippen molar-refractivity contribution in [2.24, 2.45) is 0 Å². The number of nitrogens with zero attached hydrogens (tertiary/aromatic N) is 2. The van der Waals surface area contributed by atoms with E-state index in [4.69, 9.17) is 9.47 Å². The summed E-state index contributed by atoms with van der Waals surface area (Å²) in [4.78, 5) is 11.9. The van der Waals surface area contributed by atoms with Crippen molar-refractivity contribution in [1.29, 1.82) is 0 Å². The number of hydrogen-bond acceptors (Lipinski definition) is 7. The van der Waals surface area contributed by atoms with Gasteiger partial charge in [-0.2, -0.15) is 13.2 Å². The molecular weight excluding hydrogens is 467 g/mol. The van der Waals surface area contributed by atoms with E-state index >= 15 is 0 Å². The zero-order chi connectivity index (χ0) is 24.1.